The van der Waals surface area contributed by atoms with Crippen LogP contribution in [-0.2, 0) is 16.1 Å². The average molecular weight is 513 g/mol. The molecule has 5 rings (SSSR count). The highest BCUT2D eigenvalue weighted by molar-refractivity contribution is 7.11. The summed E-state index contributed by atoms with van der Waals surface area (Å²) in [6, 6.07) is 5.45. The third-order valence-corrected chi connectivity index (χ3v) is 7.64. The summed E-state index contributed by atoms with van der Waals surface area (Å²) >= 11 is 12.8. The number of aromatic nitrogens is 1. The van der Waals surface area contributed by atoms with Crippen molar-refractivity contribution >= 4 is 46.9 Å². The number of halogens is 2. The maximum Gasteiger partial charge on any atom is 0.265 e. The van der Waals surface area contributed by atoms with Crippen molar-refractivity contribution in [3.8, 4) is 0 Å². The largest absolute Gasteiger partial charge is 0.380 e. The van der Waals surface area contributed by atoms with Crippen LogP contribution in [-0.4, -0.2) is 60.4 Å². The van der Waals surface area contributed by atoms with Gasteiger partial charge in [0.25, 0.3) is 5.91 Å². The first-order chi connectivity index (χ1) is 15.7. The quantitative estimate of drug-likeness (QED) is 0.515. The summed E-state index contributed by atoms with van der Waals surface area (Å²) in [4.78, 5) is 30.9. The van der Waals surface area contributed by atoms with Crippen molar-refractivity contribution in [3.63, 3.8) is 0 Å². The monoisotopic (exact) mass is 511 g/mol. The second kappa shape index (κ2) is 11.2. The van der Waals surface area contributed by atoms with Crippen LogP contribution in [0.5, 0.6) is 0 Å². The van der Waals surface area contributed by atoms with Crippen molar-refractivity contribution in [2.75, 3.05) is 33.3 Å². The fourth-order valence-electron chi connectivity index (χ4n) is 3.78. The molecule has 2 aliphatic heterocycles. The molecule has 1 aromatic carbocycles. The van der Waals surface area contributed by atoms with Crippen LogP contribution in [0, 0.1) is 10.8 Å². The number of rotatable bonds is 4. The highest BCUT2D eigenvalue weighted by Crippen LogP contribution is 2.43. The third kappa shape index (κ3) is 7.41. The molecule has 33 heavy (non-hydrogen) atoms. The molecule has 3 heterocycles. The van der Waals surface area contributed by atoms with E-state index >= 15 is 0 Å². The number of carbonyl (C=O) groups excluding carboxylic acids is 2. The van der Waals surface area contributed by atoms with E-state index in [2.05, 4.69) is 18.8 Å². The lowest BCUT2D eigenvalue weighted by Gasteiger charge is -2.45. The molecule has 0 bridgehead atoms. The van der Waals surface area contributed by atoms with Crippen molar-refractivity contribution < 1.29 is 14.3 Å². The second-order valence-corrected chi connectivity index (χ2v) is 11.4. The lowest BCUT2D eigenvalue weighted by molar-refractivity contribution is -0.128. The minimum absolute atomic E-state index is 0.0777. The maximum absolute atomic E-state index is 12.1. The zero-order valence-electron chi connectivity index (χ0n) is 19.4. The highest BCUT2D eigenvalue weighted by atomic mass is 35.5. The normalized spacial score (nSPS) is 19.1. The van der Waals surface area contributed by atoms with Crippen LogP contribution in [0.25, 0.3) is 0 Å². The van der Waals surface area contributed by atoms with Crippen LogP contribution in [0.3, 0.4) is 0 Å². The molecule has 2 aromatic rings. The molecule has 180 valence electrons. The fourth-order valence-corrected chi connectivity index (χ4v) is 4.69. The number of nitrogens with zero attached hydrogens (tertiary/aromatic N) is 3. The van der Waals surface area contributed by atoms with E-state index in [9.17, 15) is 9.59 Å². The lowest BCUT2D eigenvalue weighted by Crippen LogP contribution is -2.56. The Morgan fingerprint density at radius 2 is 1.88 bits per heavy atom. The Kier molecular flexibility index (Phi) is 8.78. The van der Waals surface area contributed by atoms with Gasteiger partial charge in [-0.05, 0) is 42.4 Å². The van der Waals surface area contributed by atoms with Crippen LogP contribution in [0.15, 0.2) is 29.9 Å². The molecular formula is C24H31Cl2N3O3S. The summed E-state index contributed by atoms with van der Waals surface area (Å²) in [5.74, 6) is 0.0777. The highest BCUT2D eigenvalue weighted by Gasteiger charge is 2.48. The number of thiazole rings is 1. The Morgan fingerprint density at radius 1 is 1.18 bits per heavy atom. The van der Waals surface area contributed by atoms with E-state index in [0.717, 1.165) is 50.0 Å². The Hall–Kier alpha value is -1.67. The topological polar surface area (TPSA) is 62.7 Å². The molecule has 0 atom stereocenters. The Balaban J connectivity index is 0.000000163. The first-order valence-electron chi connectivity index (χ1n) is 11.0. The van der Waals surface area contributed by atoms with Gasteiger partial charge in [0.2, 0.25) is 6.41 Å². The van der Waals surface area contributed by atoms with E-state index in [0.29, 0.717) is 21.5 Å². The van der Waals surface area contributed by atoms with Crippen LogP contribution in [0.2, 0.25) is 10.0 Å². The van der Waals surface area contributed by atoms with Gasteiger partial charge in [-0.2, -0.15) is 0 Å². The molecule has 1 aromatic heterocycles. The third-order valence-electron chi connectivity index (χ3n) is 6.14. The summed E-state index contributed by atoms with van der Waals surface area (Å²) in [6.07, 6.45) is 6.41. The van der Waals surface area contributed by atoms with Gasteiger partial charge in [0, 0.05) is 38.7 Å². The molecule has 1 saturated carbocycles. The zero-order valence-corrected chi connectivity index (χ0v) is 21.7. The van der Waals surface area contributed by atoms with Crippen LogP contribution < -0.4 is 0 Å². The standard InChI is InChI=1S/C11H13N3O2S.C8H8Cl2O.C5H10/c15-8-13-4-11(5-13)1-2-14(6-11)10(16)9-3-12-7-17-9;1-11-5-6-2-3-7(9)8(10)4-6;1-5(2)3-4-5/h3,7-8H,1-2,4-6H2;2-4H,5H2,1H3;3-4H2,1-2H3. The SMILES string of the molecule is CC1(C)CC1.COCc1ccc(Cl)c(Cl)c1.O=CN1CC2(CCN(C(=O)c3cncs3)C2)C1. The van der Waals surface area contributed by atoms with Gasteiger partial charge in [-0.1, -0.05) is 43.1 Å². The van der Waals surface area contributed by atoms with E-state index < -0.39 is 0 Å². The first kappa shape index (κ1) is 25.9. The molecule has 2 amide bonds. The van der Waals surface area contributed by atoms with Gasteiger partial charge in [0.15, 0.2) is 0 Å². The van der Waals surface area contributed by atoms with Crippen molar-refractivity contribution in [1.82, 2.24) is 14.8 Å². The summed E-state index contributed by atoms with van der Waals surface area (Å²) in [5.41, 5.74) is 3.62. The Labute approximate surface area is 209 Å². The summed E-state index contributed by atoms with van der Waals surface area (Å²) in [7, 11) is 1.64. The van der Waals surface area contributed by atoms with Crippen molar-refractivity contribution in [1.29, 1.82) is 0 Å². The predicted octanol–water partition coefficient (Wildman–Crippen LogP) is 5.39. The molecule has 1 aliphatic carbocycles. The number of carbonyl (C=O) groups is 2. The van der Waals surface area contributed by atoms with Crippen LogP contribution in [0.4, 0.5) is 0 Å². The number of methoxy groups -OCH3 is 1. The number of hydrogen-bond donors (Lipinski definition) is 0. The average Bonchev–Trinajstić information content (AvgIpc) is 3.20. The van der Waals surface area contributed by atoms with Crippen molar-refractivity contribution in [2.24, 2.45) is 10.8 Å². The molecule has 9 heteroatoms. The zero-order chi connectivity index (χ0) is 24.1. The minimum Gasteiger partial charge on any atom is -0.380 e. The molecular weight excluding hydrogens is 481 g/mol. The maximum atomic E-state index is 12.1. The molecule has 3 aliphatic rings. The molecule has 0 unspecified atom stereocenters. The smallest absolute Gasteiger partial charge is 0.265 e. The van der Waals surface area contributed by atoms with E-state index in [1.54, 1.807) is 35.8 Å². The van der Waals surface area contributed by atoms with Gasteiger partial charge in [-0.15, -0.1) is 11.3 Å². The van der Waals surface area contributed by atoms with Gasteiger partial charge in [-0.25, -0.2) is 0 Å². The van der Waals surface area contributed by atoms with Gasteiger partial charge in [0.1, 0.15) is 4.88 Å². The number of amides is 2. The molecule has 3 fully saturated rings. The number of ether oxygens (including phenoxy) is 1. The first-order valence-corrected chi connectivity index (χ1v) is 12.6. The van der Waals surface area contributed by atoms with Gasteiger partial charge in [-0.3, -0.25) is 14.6 Å². The number of hydrogen-bond acceptors (Lipinski definition) is 5. The van der Waals surface area contributed by atoms with E-state index in [-0.39, 0.29) is 11.3 Å². The summed E-state index contributed by atoms with van der Waals surface area (Å²) in [5, 5.41) is 1.15. The molecule has 6 nitrogen and oxygen atoms in total. The molecule has 1 spiro atoms. The molecule has 2 saturated heterocycles. The summed E-state index contributed by atoms with van der Waals surface area (Å²) in [6.45, 7) is 8.32. The van der Waals surface area contributed by atoms with E-state index in [4.69, 9.17) is 27.9 Å². The predicted molar refractivity (Wildman–Crippen MR) is 133 cm³/mol. The Bertz CT molecular complexity index is 940. The molecule has 0 N–H and O–H groups in total. The fraction of sp³-hybridized carbons (Fsp3) is 0.542. The lowest BCUT2D eigenvalue weighted by atomic mass is 9.79. The second-order valence-electron chi connectivity index (χ2n) is 9.70. The number of likely N-dealkylation sites (tertiary alicyclic amines) is 2. The van der Waals surface area contributed by atoms with Crippen molar-refractivity contribution in [2.45, 2.75) is 39.7 Å². The van der Waals surface area contributed by atoms with Crippen LogP contribution in [0.1, 0.15) is 48.3 Å². The van der Waals surface area contributed by atoms with Crippen molar-refractivity contribution in [3.05, 3.63) is 50.4 Å². The van der Waals surface area contributed by atoms with Gasteiger partial charge in [0.05, 0.1) is 28.4 Å². The molecule has 0 radical (unpaired) electrons. The van der Waals surface area contributed by atoms with E-state index in [1.807, 2.05) is 11.0 Å². The summed E-state index contributed by atoms with van der Waals surface area (Å²) < 4.78 is 4.92. The van der Waals surface area contributed by atoms with E-state index in [1.165, 1.54) is 24.2 Å². The Morgan fingerprint density at radius 3 is 2.39 bits per heavy atom. The minimum atomic E-state index is 0.0777. The van der Waals surface area contributed by atoms with Gasteiger partial charge >= 0.3 is 0 Å². The van der Waals surface area contributed by atoms with Crippen LogP contribution >= 0.6 is 34.5 Å². The van der Waals surface area contributed by atoms with Gasteiger partial charge < -0.3 is 14.5 Å². The number of benzene rings is 1.